The molecule has 0 spiro atoms. The zero-order valence-electron chi connectivity index (χ0n) is 15.2. The van der Waals surface area contributed by atoms with Crippen LogP contribution in [0, 0.1) is 27.7 Å². The van der Waals surface area contributed by atoms with Crippen LogP contribution in [-0.4, -0.2) is 0 Å². The first kappa shape index (κ1) is 23.3. The quantitative estimate of drug-likeness (QED) is 0.456. The van der Waals surface area contributed by atoms with Crippen molar-refractivity contribution in [3.05, 3.63) is 68.7 Å². The molecular weight excluding hydrogens is 311 g/mol. The molecule has 0 aliphatic rings. The van der Waals surface area contributed by atoms with Crippen molar-refractivity contribution in [1.29, 1.82) is 0 Å². The minimum Gasteiger partial charge on any atom is -0.0827 e. The highest BCUT2D eigenvalue weighted by Gasteiger charge is 1.96. The van der Waals surface area contributed by atoms with Crippen LogP contribution in [-0.2, 0) is 0 Å². The molecule has 0 aromatic heterocycles. The number of halogens is 2. The predicted octanol–water partition coefficient (Wildman–Crippen LogP) is 7.97. The molecule has 22 heavy (non-hydrogen) atoms. The fourth-order valence-electron chi connectivity index (χ4n) is 1.51. The minimum atomic E-state index is 0.622. The van der Waals surface area contributed by atoms with E-state index in [9.17, 15) is 0 Å². The summed E-state index contributed by atoms with van der Waals surface area (Å²) in [5.41, 5.74) is 5.20. The Morgan fingerprint density at radius 2 is 0.955 bits per heavy atom. The van der Waals surface area contributed by atoms with Crippen molar-refractivity contribution in [1.82, 2.24) is 0 Å². The van der Waals surface area contributed by atoms with Gasteiger partial charge in [0.05, 0.1) is 10.0 Å². The maximum Gasteiger partial charge on any atom is 0.0621 e. The monoisotopic (exact) mass is 340 g/mol. The van der Waals surface area contributed by atoms with Crippen LogP contribution in [0.25, 0.3) is 0 Å². The zero-order valence-corrected chi connectivity index (χ0v) is 16.7. The lowest BCUT2D eigenvalue weighted by atomic mass is 10.1. The second kappa shape index (κ2) is 13.7. The summed E-state index contributed by atoms with van der Waals surface area (Å²) in [6.45, 7) is 16.4. The van der Waals surface area contributed by atoms with E-state index in [0.29, 0.717) is 10.0 Å². The molecule has 124 valence electrons. The van der Waals surface area contributed by atoms with Crippen LogP contribution in [0.1, 0.15) is 49.9 Å². The molecule has 0 atom stereocenters. The van der Waals surface area contributed by atoms with Crippen LogP contribution in [0.5, 0.6) is 0 Å². The van der Waals surface area contributed by atoms with Gasteiger partial charge in [-0.25, -0.2) is 0 Å². The molecule has 0 aliphatic heterocycles. The highest BCUT2D eigenvalue weighted by molar-refractivity contribution is 6.42. The minimum absolute atomic E-state index is 0.622. The average molecular weight is 341 g/mol. The molecule has 2 heteroatoms. The molecule has 2 aromatic carbocycles. The van der Waals surface area contributed by atoms with Crippen molar-refractivity contribution >= 4 is 23.2 Å². The molecule has 2 aromatic rings. The van der Waals surface area contributed by atoms with Crippen molar-refractivity contribution in [3.8, 4) is 0 Å². The highest BCUT2D eigenvalue weighted by atomic mass is 35.5. The Bertz CT molecular complexity index is 441. The summed E-state index contributed by atoms with van der Waals surface area (Å²) in [6, 6.07) is 12.0. The maximum atomic E-state index is 5.75. The second-order valence-corrected chi connectivity index (χ2v) is 5.17. The molecule has 0 saturated carbocycles. The van der Waals surface area contributed by atoms with E-state index < -0.39 is 0 Å². The van der Waals surface area contributed by atoms with Gasteiger partial charge in [-0.3, -0.25) is 0 Å². The Hall–Kier alpha value is -0.980. The molecule has 0 aliphatic carbocycles. The number of benzene rings is 2. The van der Waals surface area contributed by atoms with Crippen LogP contribution in [0.2, 0.25) is 10.0 Å². The lowest BCUT2D eigenvalue weighted by Crippen LogP contribution is -1.82. The van der Waals surface area contributed by atoms with E-state index >= 15 is 0 Å². The van der Waals surface area contributed by atoms with Gasteiger partial charge in [-0.2, -0.15) is 0 Å². The van der Waals surface area contributed by atoms with E-state index in [1.165, 1.54) is 16.7 Å². The van der Waals surface area contributed by atoms with Crippen molar-refractivity contribution in [2.75, 3.05) is 0 Å². The largest absolute Gasteiger partial charge is 0.0827 e. The first-order valence-electron chi connectivity index (χ1n) is 7.87. The SMILES string of the molecule is CC.CC.Cc1cccc(C)c1C.Cc1cccc(Cl)c1Cl. The first-order chi connectivity index (χ1) is 10.4. The second-order valence-electron chi connectivity index (χ2n) is 4.39. The van der Waals surface area contributed by atoms with E-state index in [1.807, 2.05) is 46.8 Å². The Kier molecular flexibility index (Phi) is 14.5. The van der Waals surface area contributed by atoms with Crippen molar-refractivity contribution in [2.45, 2.75) is 55.4 Å². The van der Waals surface area contributed by atoms with E-state index in [0.717, 1.165) is 5.56 Å². The van der Waals surface area contributed by atoms with Crippen LogP contribution >= 0.6 is 23.2 Å². The Labute approximate surface area is 147 Å². The number of rotatable bonds is 0. The summed E-state index contributed by atoms with van der Waals surface area (Å²) in [5.74, 6) is 0. The third kappa shape index (κ3) is 8.46. The van der Waals surface area contributed by atoms with E-state index in [-0.39, 0.29) is 0 Å². The molecule has 0 bridgehead atoms. The smallest absolute Gasteiger partial charge is 0.0621 e. The van der Waals surface area contributed by atoms with Gasteiger partial charge >= 0.3 is 0 Å². The van der Waals surface area contributed by atoms with Gasteiger partial charge in [0.1, 0.15) is 0 Å². The Morgan fingerprint density at radius 3 is 1.27 bits per heavy atom. The van der Waals surface area contributed by atoms with Crippen LogP contribution in [0.3, 0.4) is 0 Å². The van der Waals surface area contributed by atoms with Gasteiger partial charge in [0.2, 0.25) is 0 Å². The van der Waals surface area contributed by atoms with Crippen LogP contribution in [0.15, 0.2) is 36.4 Å². The van der Waals surface area contributed by atoms with Gasteiger partial charge in [-0.05, 0) is 56.0 Å². The number of hydrogen-bond donors (Lipinski definition) is 0. The molecule has 0 radical (unpaired) electrons. The Morgan fingerprint density at radius 1 is 0.591 bits per heavy atom. The molecule has 2 rings (SSSR count). The van der Waals surface area contributed by atoms with E-state index in [2.05, 4.69) is 39.0 Å². The third-order valence-corrected chi connectivity index (χ3v) is 3.93. The zero-order chi connectivity index (χ0) is 17.7. The maximum absolute atomic E-state index is 5.75. The molecule has 0 heterocycles. The van der Waals surface area contributed by atoms with Gasteiger partial charge < -0.3 is 0 Å². The molecule has 0 fully saturated rings. The highest BCUT2D eigenvalue weighted by Crippen LogP contribution is 2.24. The van der Waals surface area contributed by atoms with Gasteiger partial charge in [0.25, 0.3) is 0 Å². The van der Waals surface area contributed by atoms with Gasteiger partial charge in [0.15, 0.2) is 0 Å². The summed E-state index contributed by atoms with van der Waals surface area (Å²) >= 11 is 11.4. The van der Waals surface area contributed by atoms with Gasteiger partial charge in [0, 0.05) is 0 Å². The number of aryl methyl sites for hydroxylation is 3. The van der Waals surface area contributed by atoms with Gasteiger partial charge in [-0.15, -0.1) is 0 Å². The molecular formula is C20H30Cl2. The lowest BCUT2D eigenvalue weighted by Gasteiger charge is -2.00. The molecule has 0 unspecified atom stereocenters. The fraction of sp³-hybridized carbons (Fsp3) is 0.400. The topological polar surface area (TPSA) is 0 Å². The molecule has 0 nitrogen and oxygen atoms in total. The van der Waals surface area contributed by atoms with Crippen LogP contribution in [0.4, 0.5) is 0 Å². The lowest BCUT2D eigenvalue weighted by molar-refractivity contribution is 1.27. The van der Waals surface area contributed by atoms with Crippen molar-refractivity contribution in [3.63, 3.8) is 0 Å². The average Bonchev–Trinajstić information content (AvgIpc) is 2.55. The Balaban J connectivity index is 0. The summed E-state index contributed by atoms with van der Waals surface area (Å²) in [6.07, 6.45) is 0. The fourth-order valence-corrected chi connectivity index (χ4v) is 1.86. The number of hydrogen-bond acceptors (Lipinski definition) is 0. The third-order valence-electron chi connectivity index (χ3n) is 3.02. The van der Waals surface area contributed by atoms with Crippen molar-refractivity contribution in [2.24, 2.45) is 0 Å². The predicted molar refractivity (Wildman–Crippen MR) is 105 cm³/mol. The van der Waals surface area contributed by atoms with Gasteiger partial charge in [-0.1, -0.05) is 81.2 Å². The van der Waals surface area contributed by atoms with E-state index in [1.54, 1.807) is 6.07 Å². The summed E-state index contributed by atoms with van der Waals surface area (Å²) in [4.78, 5) is 0. The summed E-state index contributed by atoms with van der Waals surface area (Å²) < 4.78 is 0. The molecule has 0 amide bonds. The molecule has 0 N–H and O–H groups in total. The first-order valence-corrected chi connectivity index (χ1v) is 8.62. The van der Waals surface area contributed by atoms with Crippen LogP contribution < -0.4 is 0 Å². The van der Waals surface area contributed by atoms with E-state index in [4.69, 9.17) is 23.2 Å². The summed E-state index contributed by atoms with van der Waals surface area (Å²) in [7, 11) is 0. The van der Waals surface area contributed by atoms with Crippen molar-refractivity contribution < 1.29 is 0 Å². The molecule has 0 saturated heterocycles. The standard InChI is InChI=1S/C9H12.C7H6Cl2.2C2H6/c1-7-5-4-6-8(2)9(7)3;1-5-3-2-4-6(8)7(5)9;2*1-2/h4-6H,1-3H3;2-4H,1H3;2*1-2H3. The normalized spacial score (nSPS) is 8.45. The summed E-state index contributed by atoms with van der Waals surface area (Å²) in [5, 5.41) is 1.27.